The van der Waals surface area contributed by atoms with Gasteiger partial charge in [-0.2, -0.15) is 8.78 Å². The number of rotatable bonds is 7. The van der Waals surface area contributed by atoms with Crippen LogP contribution in [0.25, 0.3) is 0 Å². The van der Waals surface area contributed by atoms with Gasteiger partial charge in [-0.15, -0.1) is 6.42 Å². The third-order valence-corrected chi connectivity index (χ3v) is 10.6. The number of hydrogen-bond acceptors (Lipinski definition) is 4. The van der Waals surface area contributed by atoms with E-state index >= 15 is 8.78 Å². The van der Waals surface area contributed by atoms with Crippen molar-refractivity contribution in [3.63, 3.8) is 0 Å². The zero-order valence-corrected chi connectivity index (χ0v) is 23.0. The largest absolute Gasteiger partial charge is 0.393 e. The normalized spacial score (nSPS) is 35.1. The zero-order valence-electron chi connectivity index (χ0n) is 23.0. The number of ether oxygens (including phenoxy) is 1. The Labute approximate surface area is 230 Å². The predicted octanol–water partition coefficient (Wildman–Crippen LogP) is 6.91. The van der Waals surface area contributed by atoms with E-state index in [-0.39, 0.29) is 24.2 Å². The second-order valence-electron chi connectivity index (χ2n) is 12.5. The Morgan fingerprint density at radius 2 is 1.82 bits per heavy atom. The highest BCUT2D eigenvalue weighted by Gasteiger charge is 2.71. The quantitative estimate of drug-likeness (QED) is 0.234. The predicted molar refractivity (Wildman–Crippen MR) is 148 cm³/mol. The summed E-state index contributed by atoms with van der Waals surface area (Å²) in [6.07, 6.45) is 14.5. The molecule has 6 heteroatoms. The number of nitrogens with zero attached hydrogens (tertiary/aromatic N) is 1. The van der Waals surface area contributed by atoms with Crippen molar-refractivity contribution >= 4 is 5.71 Å². The van der Waals surface area contributed by atoms with Crippen molar-refractivity contribution in [2.45, 2.75) is 88.1 Å². The molecule has 1 aromatic rings. The Bertz CT molecular complexity index is 1250. The maximum absolute atomic E-state index is 15.3. The van der Waals surface area contributed by atoms with Gasteiger partial charge in [0.15, 0.2) is 0 Å². The smallest absolute Gasteiger partial charge is 0.336 e. The van der Waals surface area contributed by atoms with Crippen molar-refractivity contribution in [3.05, 3.63) is 58.2 Å². The number of aliphatic hydroxyl groups is 1. The fourth-order valence-electron chi connectivity index (χ4n) is 8.35. The summed E-state index contributed by atoms with van der Waals surface area (Å²) in [5.74, 6) is -1.14. The second-order valence-corrected chi connectivity index (χ2v) is 12.5. The van der Waals surface area contributed by atoms with E-state index in [1.165, 1.54) is 35.1 Å². The van der Waals surface area contributed by atoms with Gasteiger partial charge in [0, 0.05) is 18.4 Å². The summed E-state index contributed by atoms with van der Waals surface area (Å²) in [4.78, 5) is 5.45. The van der Waals surface area contributed by atoms with Crippen molar-refractivity contribution < 1.29 is 23.5 Å². The molecule has 5 aliphatic carbocycles. The summed E-state index contributed by atoms with van der Waals surface area (Å²) >= 11 is 0. The Balaban J connectivity index is 1.42. The standard InChI is InChI=1S/C33H39F2NO3/c1-4-33(34,35)32(37)16-15-29-27-13-11-24-19-25(36-39-18-17-38-3)12-14-26(24)30(27)28(20-31(29,32)2)23-9-7-22(8-10-23)21-5-6-21/h1,7-10,19,21,27-29,37H,5-6,11-18,20H2,2-3H3/b36-25-/t27-,28+,29-,31-,32-/m0/s1. The molecule has 0 radical (unpaired) electrons. The van der Waals surface area contributed by atoms with E-state index in [1.807, 2.05) is 6.92 Å². The molecule has 1 N–H and O–H groups in total. The number of fused-ring (bicyclic) bond motifs is 4. The SMILES string of the molecule is C#CC(F)(F)[C@]1(O)CC[C@H]2[C@@H]3CCC4=C/C(=N\OCCOC)CCC4=C3[C@@H](c3ccc(C4CC4)cc3)C[C@@]21C. The number of halogens is 2. The molecule has 5 aliphatic rings. The zero-order chi connectivity index (χ0) is 27.4. The molecule has 0 saturated heterocycles. The van der Waals surface area contributed by atoms with Gasteiger partial charge in [-0.1, -0.05) is 41.9 Å². The van der Waals surface area contributed by atoms with Crippen LogP contribution in [-0.4, -0.2) is 42.7 Å². The molecule has 208 valence electrons. The lowest BCUT2D eigenvalue weighted by atomic mass is 9.50. The Morgan fingerprint density at radius 3 is 2.51 bits per heavy atom. The number of terminal acetylenes is 1. The van der Waals surface area contributed by atoms with Crippen molar-refractivity contribution in [1.29, 1.82) is 0 Å². The van der Waals surface area contributed by atoms with Gasteiger partial charge in [-0.05, 0) is 110 Å². The minimum Gasteiger partial charge on any atom is -0.393 e. The molecular formula is C33H39F2NO3. The molecule has 0 spiro atoms. The van der Waals surface area contributed by atoms with Crippen LogP contribution in [0.4, 0.5) is 8.78 Å². The van der Waals surface area contributed by atoms with Crippen LogP contribution in [0.5, 0.6) is 0 Å². The summed E-state index contributed by atoms with van der Waals surface area (Å²) < 4.78 is 35.6. The van der Waals surface area contributed by atoms with Crippen molar-refractivity contribution in [2.24, 2.45) is 22.4 Å². The summed E-state index contributed by atoms with van der Waals surface area (Å²) in [6, 6.07) is 8.86. The Hall–Kier alpha value is -2.49. The van der Waals surface area contributed by atoms with Gasteiger partial charge in [0.2, 0.25) is 0 Å². The molecule has 3 fully saturated rings. The van der Waals surface area contributed by atoms with E-state index in [4.69, 9.17) is 16.0 Å². The maximum Gasteiger partial charge on any atom is 0.336 e. The fraction of sp³-hybridized carbons (Fsp3) is 0.606. The lowest BCUT2D eigenvalue weighted by molar-refractivity contribution is -0.209. The van der Waals surface area contributed by atoms with Crippen LogP contribution in [0.15, 0.2) is 52.2 Å². The van der Waals surface area contributed by atoms with E-state index in [1.54, 1.807) is 13.0 Å². The third-order valence-electron chi connectivity index (χ3n) is 10.6. The van der Waals surface area contributed by atoms with Gasteiger partial charge in [-0.25, -0.2) is 0 Å². The van der Waals surface area contributed by atoms with Crippen LogP contribution in [0.1, 0.15) is 87.7 Å². The first-order chi connectivity index (χ1) is 18.7. The molecular weight excluding hydrogens is 496 g/mol. The van der Waals surface area contributed by atoms with Crippen LogP contribution in [0, 0.1) is 29.6 Å². The summed E-state index contributed by atoms with van der Waals surface area (Å²) in [5.41, 5.74) is 4.36. The van der Waals surface area contributed by atoms with Crippen LogP contribution in [0.3, 0.4) is 0 Å². The van der Waals surface area contributed by atoms with Gasteiger partial charge < -0.3 is 14.7 Å². The molecule has 0 aliphatic heterocycles. The first kappa shape index (κ1) is 26.7. The summed E-state index contributed by atoms with van der Waals surface area (Å²) in [6.45, 7) is 2.80. The molecule has 1 aromatic carbocycles. The molecule has 5 atom stereocenters. The monoisotopic (exact) mass is 535 g/mol. The third kappa shape index (κ3) is 4.28. The van der Waals surface area contributed by atoms with Crippen LogP contribution >= 0.6 is 0 Å². The summed E-state index contributed by atoms with van der Waals surface area (Å²) in [5, 5.41) is 16.0. The molecule has 39 heavy (non-hydrogen) atoms. The Morgan fingerprint density at radius 1 is 1.08 bits per heavy atom. The minimum atomic E-state index is -3.57. The summed E-state index contributed by atoms with van der Waals surface area (Å²) in [7, 11) is 1.64. The highest BCUT2D eigenvalue weighted by Crippen LogP contribution is 2.69. The van der Waals surface area contributed by atoms with Crippen molar-refractivity contribution in [2.75, 3.05) is 20.3 Å². The molecule has 0 amide bonds. The van der Waals surface area contributed by atoms with E-state index < -0.39 is 16.9 Å². The molecule has 0 aromatic heterocycles. The minimum absolute atomic E-state index is 0.0276. The first-order valence-corrected chi connectivity index (χ1v) is 14.5. The number of benzene rings is 1. The number of alkyl halides is 2. The van der Waals surface area contributed by atoms with E-state index in [9.17, 15) is 5.11 Å². The van der Waals surface area contributed by atoms with E-state index in [0.29, 0.717) is 32.0 Å². The highest BCUT2D eigenvalue weighted by atomic mass is 19.3. The number of hydrogen-bond donors (Lipinski definition) is 1. The number of oxime groups is 1. The van der Waals surface area contributed by atoms with Gasteiger partial charge in [-0.3, -0.25) is 0 Å². The number of methoxy groups -OCH3 is 1. The van der Waals surface area contributed by atoms with Gasteiger partial charge in [0.05, 0.1) is 12.3 Å². The highest BCUT2D eigenvalue weighted by molar-refractivity contribution is 5.97. The topological polar surface area (TPSA) is 51.1 Å². The van der Waals surface area contributed by atoms with Crippen LogP contribution in [-0.2, 0) is 9.57 Å². The van der Waals surface area contributed by atoms with E-state index in [2.05, 4.69) is 35.5 Å². The number of allylic oxidation sites excluding steroid dienone is 4. The molecule has 3 saturated carbocycles. The molecule has 6 rings (SSSR count). The van der Waals surface area contributed by atoms with E-state index in [0.717, 1.165) is 37.0 Å². The Kier molecular flexibility index (Phi) is 6.75. The van der Waals surface area contributed by atoms with Crippen molar-refractivity contribution in [3.8, 4) is 12.3 Å². The van der Waals surface area contributed by atoms with Gasteiger partial charge in [0.1, 0.15) is 12.2 Å². The first-order valence-electron chi connectivity index (χ1n) is 14.5. The van der Waals surface area contributed by atoms with Gasteiger partial charge in [0.25, 0.3) is 0 Å². The van der Waals surface area contributed by atoms with Crippen molar-refractivity contribution in [1.82, 2.24) is 0 Å². The van der Waals surface area contributed by atoms with Crippen LogP contribution in [0.2, 0.25) is 0 Å². The second kappa shape index (κ2) is 9.85. The molecule has 0 bridgehead atoms. The van der Waals surface area contributed by atoms with Gasteiger partial charge >= 0.3 is 5.92 Å². The lowest BCUT2D eigenvalue weighted by Crippen LogP contribution is -2.60. The van der Waals surface area contributed by atoms with Crippen LogP contribution < -0.4 is 0 Å². The fourth-order valence-corrected chi connectivity index (χ4v) is 8.35. The lowest BCUT2D eigenvalue weighted by Gasteiger charge is -2.55. The molecule has 4 nitrogen and oxygen atoms in total. The molecule has 0 heterocycles. The average Bonchev–Trinajstić information content (AvgIpc) is 3.75. The average molecular weight is 536 g/mol. The molecule has 0 unspecified atom stereocenters. The maximum atomic E-state index is 15.3.